The smallest absolute Gasteiger partial charge is 0.307 e. The molecule has 0 amide bonds. The molecule has 0 N–H and O–H groups in total. The fourth-order valence-electron chi connectivity index (χ4n) is 1.11. The fourth-order valence-corrected chi connectivity index (χ4v) is 1.51. The number of pyridine rings is 1. The van der Waals surface area contributed by atoms with Crippen LogP contribution in [0.5, 0.6) is 5.88 Å². The summed E-state index contributed by atoms with van der Waals surface area (Å²) in [5.41, 5.74) is 1.29. The lowest BCUT2D eigenvalue weighted by Crippen LogP contribution is -2.14. The van der Waals surface area contributed by atoms with Crippen LogP contribution >= 0.6 is 0 Å². The molecular formula is C11H17N3O3S. The van der Waals surface area contributed by atoms with Crippen LogP contribution in [0.15, 0.2) is 17.1 Å². The molecule has 0 spiro atoms. The maximum absolute atomic E-state index is 11.0. The Labute approximate surface area is 107 Å². The van der Waals surface area contributed by atoms with Crippen molar-refractivity contribution in [3.05, 3.63) is 17.8 Å². The van der Waals surface area contributed by atoms with Crippen LogP contribution in [0.2, 0.25) is 0 Å². The van der Waals surface area contributed by atoms with E-state index < -0.39 is 10.1 Å². The third-order valence-corrected chi connectivity index (χ3v) is 2.64. The Kier molecular flexibility index (Phi) is 4.66. The maximum atomic E-state index is 11.0. The molecule has 18 heavy (non-hydrogen) atoms. The normalized spacial score (nSPS) is 11.8. The molecule has 100 valence electrons. The van der Waals surface area contributed by atoms with E-state index in [1.165, 1.54) is 6.07 Å². The molecule has 0 saturated heterocycles. The minimum absolute atomic E-state index is 0.0535. The molecule has 1 rings (SSSR count). The molecule has 0 aliphatic heterocycles. The summed E-state index contributed by atoms with van der Waals surface area (Å²) < 4.78 is 26.6. The average molecular weight is 271 g/mol. The van der Waals surface area contributed by atoms with Gasteiger partial charge in [0.2, 0.25) is 5.88 Å². The lowest BCUT2D eigenvalue weighted by molar-refractivity contribution is 0.482. The van der Waals surface area contributed by atoms with Gasteiger partial charge in [0.05, 0.1) is 24.0 Å². The fraction of sp³-hybridized carbons (Fsp3) is 0.455. The van der Waals surface area contributed by atoms with Gasteiger partial charge in [-0.15, -0.1) is 0 Å². The van der Waals surface area contributed by atoms with E-state index in [0.717, 1.165) is 12.8 Å². The number of hydrogen-bond acceptors (Lipinski definition) is 5. The second-order valence-corrected chi connectivity index (χ2v) is 5.43. The zero-order valence-corrected chi connectivity index (χ0v) is 11.7. The summed E-state index contributed by atoms with van der Waals surface area (Å²) in [6, 6.07) is 3.15. The highest BCUT2D eigenvalue weighted by Crippen LogP contribution is 2.20. The topological polar surface area (TPSA) is 71.9 Å². The second-order valence-electron chi connectivity index (χ2n) is 3.86. The molecule has 1 aromatic rings. The predicted molar refractivity (Wildman–Crippen MR) is 70.9 cm³/mol. The van der Waals surface area contributed by atoms with Gasteiger partial charge in [0.1, 0.15) is 0 Å². The van der Waals surface area contributed by atoms with Crippen molar-refractivity contribution in [1.82, 2.24) is 9.88 Å². The number of aryl methyl sites for hydroxylation is 1. The molecule has 0 radical (unpaired) electrons. The molecular weight excluding hydrogens is 254 g/mol. The van der Waals surface area contributed by atoms with E-state index in [1.807, 2.05) is 18.9 Å². The van der Waals surface area contributed by atoms with Gasteiger partial charge < -0.3 is 9.08 Å². The van der Waals surface area contributed by atoms with Gasteiger partial charge in [0.25, 0.3) is 0 Å². The van der Waals surface area contributed by atoms with Crippen LogP contribution in [-0.4, -0.2) is 44.5 Å². The Morgan fingerprint density at radius 1 is 1.50 bits per heavy atom. The minimum atomic E-state index is -3.55. The summed E-state index contributed by atoms with van der Waals surface area (Å²) in [6.07, 6.45) is 2.67. The SMILES string of the molecule is CCN(C)/C=N/c1ccc(OS(C)(=O)=O)nc1C. The highest BCUT2D eigenvalue weighted by atomic mass is 32.2. The number of rotatable bonds is 5. The van der Waals surface area contributed by atoms with Crippen molar-refractivity contribution in [3.8, 4) is 5.88 Å². The molecule has 1 aromatic heterocycles. The van der Waals surface area contributed by atoms with Crippen molar-refractivity contribution < 1.29 is 12.6 Å². The highest BCUT2D eigenvalue weighted by Gasteiger charge is 2.07. The molecule has 1 heterocycles. The van der Waals surface area contributed by atoms with Crippen molar-refractivity contribution in [2.75, 3.05) is 19.8 Å². The van der Waals surface area contributed by atoms with Crippen molar-refractivity contribution in [3.63, 3.8) is 0 Å². The van der Waals surface area contributed by atoms with Crippen molar-refractivity contribution in [2.24, 2.45) is 4.99 Å². The van der Waals surface area contributed by atoms with Crippen molar-refractivity contribution in [2.45, 2.75) is 13.8 Å². The van der Waals surface area contributed by atoms with E-state index in [1.54, 1.807) is 19.3 Å². The van der Waals surface area contributed by atoms with Gasteiger partial charge in [-0.05, 0) is 19.9 Å². The summed E-state index contributed by atoms with van der Waals surface area (Å²) in [5.74, 6) is 0.0535. The Hall–Kier alpha value is -1.63. The zero-order valence-electron chi connectivity index (χ0n) is 10.9. The van der Waals surface area contributed by atoms with Crippen molar-refractivity contribution >= 4 is 22.1 Å². The van der Waals surface area contributed by atoms with E-state index in [2.05, 4.69) is 14.2 Å². The Morgan fingerprint density at radius 3 is 2.67 bits per heavy atom. The monoisotopic (exact) mass is 271 g/mol. The van der Waals surface area contributed by atoms with E-state index >= 15 is 0 Å². The van der Waals surface area contributed by atoms with E-state index in [-0.39, 0.29) is 5.88 Å². The van der Waals surface area contributed by atoms with Gasteiger partial charge in [-0.3, -0.25) is 0 Å². The summed E-state index contributed by atoms with van der Waals surface area (Å²) in [4.78, 5) is 10.2. The number of aromatic nitrogens is 1. The van der Waals surface area contributed by atoms with Crippen LogP contribution in [0, 0.1) is 6.92 Å². The Bertz CT molecular complexity index is 540. The zero-order chi connectivity index (χ0) is 13.8. The second kappa shape index (κ2) is 5.81. The number of nitrogens with zero attached hydrogens (tertiary/aromatic N) is 3. The largest absolute Gasteiger partial charge is 0.366 e. The molecule has 0 unspecified atom stereocenters. The first-order valence-electron chi connectivity index (χ1n) is 5.43. The first-order chi connectivity index (χ1) is 8.31. The molecule has 7 heteroatoms. The first-order valence-corrected chi connectivity index (χ1v) is 7.25. The van der Waals surface area contributed by atoms with E-state index in [9.17, 15) is 8.42 Å². The van der Waals surface area contributed by atoms with Crippen LogP contribution in [0.1, 0.15) is 12.6 Å². The van der Waals surface area contributed by atoms with Gasteiger partial charge in [-0.25, -0.2) is 9.98 Å². The van der Waals surface area contributed by atoms with E-state index in [0.29, 0.717) is 11.4 Å². The lowest BCUT2D eigenvalue weighted by atomic mass is 10.3. The summed E-state index contributed by atoms with van der Waals surface area (Å²) in [6.45, 7) is 4.61. The lowest BCUT2D eigenvalue weighted by Gasteiger charge is -2.09. The molecule has 6 nitrogen and oxygen atoms in total. The molecule has 0 aliphatic rings. The summed E-state index contributed by atoms with van der Waals surface area (Å²) in [7, 11) is -1.64. The molecule has 0 saturated carbocycles. The molecule has 0 bridgehead atoms. The van der Waals surface area contributed by atoms with Crippen LogP contribution in [0.3, 0.4) is 0 Å². The summed E-state index contributed by atoms with van der Waals surface area (Å²) >= 11 is 0. The molecule has 0 aliphatic carbocycles. The first kappa shape index (κ1) is 14.4. The summed E-state index contributed by atoms with van der Waals surface area (Å²) in [5, 5.41) is 0. The van der Waals surface area contributed by atoms with Crippen LogP contribution in [-0.2, 0) is 10.1 Å². The standard InChI is InChI=1S/C11H17N3O3S/c1-5-14(3)8-12-10-6-7-11(13-9(10)2)17-18(4,15)16/h6-8H,5H2,1-4H3/b12-8+. The average Bonchev–Trinajstić information content (AvgIpc) is 2.25. The van der Waals surface area contributed by atoms with Crippen molar-refractivity contribution in [1.29, 1.82) is 0 Å². The Morgan fingerprint density at radius 2 is 2.17 bits per heavy atom. The van der Waals surface area contributed by atoms with Crippen LogP contribution < -0.4 is 4.18 Å². The minimum Gasteiger partial charge on any atom is -0.366 e. The highest BCUT2D eigenvalue weighted by molar-refractivity contribution is 7.86. The Balaban J connectivity index is 2.90. The van der Waals surface area contributed by atoms with Gasteiger partial charge in [0.15, 0.2) is 0 Å². The predicted octanol–water partition coefficient (Wildman–Crippen LogP) is 1.34. The van der Waals surface area contributed by atoms with Crippen LogP contribution in [0.4, 0.5) is 5.69 Å². The third-order valence-electron chi connectivity index (χ3n) is 2.16. The number of aliphatic imine (C=N–C) groups is 1. The molecule has 0 atom stereocenters. The molecule has 0 aromatic carbocycles. The van der Waals surface area contributed by atoms with E-state index in [4.69, 9.17) is 0 Å². The quantitative estimate of drug-likeness (QED) is 0.459. The number of hydrogen-bond donors (Lipinski definition) is 0. The molecule has 0 fully saturated rings. The maximum Gasteiger partial charge on any atom is 0.307 e. The van der Waals surface area contributed by atoms with Gasteiger partial charge in [-0.1, -0.05) is 0 Å². The van der Waals surface area contributed by atoms with Gasteiger partial charge in [-0.2, -0.15) is 8.42 Å². The van der Waals surface area contributed by atoms with Crippen LogP contribution in [0.25, 0.3) is 0 Å². The van der Waals surface area contributed by atoms with Gasteiger partial charge >= 0.3 is 10.1 Å². The van der Waals surface area contributed by atoms with Gasteiger partial charge in [0, 0.05) is 19.7 Å². The third kappa shape index (κ3) is 4.70.